The molecule has 1 aliphatic rings. The predicted molar refractivity (Wildman–Crippen MR) is 72.8 cm³/mol. The molecule has 4 heterocycles. The number of nitrogens with one attached hydrogen (secondary N) is 1. The summed E-state index contributed by atoms with van der Waals surface area (Å²) >= 11 is 0. The summed E-state index contributed by atoms with van der Waals surface area (Å²) in [7, 11) is 0. The predicted octanol–water partition coefficient (Wildman–Crippen LogP) is 0.996. The number of aromatic amines is 1. The first kappa shape index (κ1) is 11.5. The van der Waals surface area contributed by atoms with Crippen molar-refractivity contribution in [1.82, 2.24) is 34.6 Å². The van der Waals surface area contributed by atoms with Crippen LogP contribution < -0.4 is 0 Å². The van der Waals surface area contributed by atoms with Crippen molar-refractivity contribution in [3.63, 3.8) is 0 Å². The van der Waals surface area contributed by atoms with Crippen LogP contribution in [0.1, 0.15) is 18.0 Å². The molecule has 0 spiro atoms. The zero-order valence-corrected chi connectivity index (χ0v) is 11.0. The molecule has 3 aromatic heterocycles. The number of nitrogens with zero attached hydrogens (tertiary/aromatic N) is 6. The third-order valence-electron chi connectivity index (χ3n) is 3.84. The van der Waals surface area contributed by atoms with E-state index in [2.05, 4.69) is 29.9 Å². The quantitative estimate of drug-likeness (QED) is 0.767. The monoisotopic (exact) mass is 269 g/mol. The van der Waals surface area contributed by atoms with Gasteiger partial charge in [-0.1, -0.05) is 0 Å². The van der Waals surface area contributed by atoms with Gasteiger partial charge in [0.25, 0.3) is 0 Å². The van der Waals surface area contributed by atoms with Crippen LogP contribution in [0.15, 0.2) is 31.2 Å². The molecule has 1 atom stereocenters. The minimum atomic E-state index is 0.425. The fourth-order valence-corrected chi connectivity index (χ4v) is 2.84. The molecule has 102 valence electrons. The molecule has 1 unspecified atom stereocenters. The average molecular weight is 269 g/mol. The van der Waals surface area contributed by atoms with E-state index in [0.29, 0.717) is 6.04 Å². The molecule has 0 radical (unpaired) electrons. The van der Waals surface area contributed by atoms with Gasteiger partial charge >= 0.3 is 0 Å². The fourth-order valence-electron chi connectivity index (χ4n) is 2.84. The van der Waals surface area contributed by atoms with Crippen LogP contribution in [0.2, 0.25) is 0 Å². The molecule has 7 nitrogen and oxygen atoms in total. The third-order valence-corrected chi connectivity index (χ3v) is 3.84. The van der Waals surface area contributed by atoms with Crippen LogP contribution >= 0.6 is 0 Å². The second kappa shape index (κ2) is 4.68. The van der Waals surface area contributed by atoms with Crippen molar-refractivity contribution in [3.05, 3.63) is 36.8 Å². The number of rotatable bonds is 3. The van der Waals surface area contributed by atoms with Crippen molar-refractivity contribution in [2.75, 3.05) is 13.1 Å². The first-order valence-electron chi connectivity index (χ1n) is 6.73. The molecular formula is C13H15N7. The van der Waals surface area contributed by atoms with Crippen LogP contribution in [-0.2, 0) is 6.54 Å². The first-order chi connectivity index (χ1) is 9.90. The smallest absolute Gasteiger partial charge is 0.156 e. The normalized spacial score (nSPS) is 19.9. The number of hydrogen-bond donors (Lipinski definition) is 1. The SMILES string of the molecule is c1cnc2c(CN3CCC(n4cncn4)C3)c[nH]c2n1. The van der Waals surface area contributed by atoms with Gasteiger partial charge < -0.3 is 4.98 Å². The van der Waals surface area contributed by atoms with E-state index in [1.54, 1.807) is 25.0 Å². The molecule has 1 saturated heterocycles. The van der Waals surface area contributed by atoms with Crippen molar-refractivity contribution in [1.29, 1.82) is 0 Å². The number of hydrogen-bond acceptors (Lipinski definition) is 5. The van der Waals surface area contributed by atoms with E-state index in [0.717, 1.165) is 37.2 Å². The number of fused-ring (bicyclic) bond motifs is 1. The number of aromatic nitrogens is 6. The highest BCUT2D eigenvalue weighted by Gasteiger charge is 2.25. The number of likely N-dealkylation sites (tertiary alicyclic amines) is 1. The summed E-state index contributed by atoms with van der Waals surface area (Å²) in [6.45, 7) is 2.96. The summed E-state index contributed by atoms with van der Waals surface area (Å²) in [6, 6.07) is 0.425. The van der Waals surface area contributed by atoms with Gasteiger partial charge in [-0.25, -0.2) is 14.6 Å². The molecule has 0 aliphatic carbocycles. The lowest BCUT2D eigenvalue weighted by molar-refractivity contribution is 0.312. The van der Waals surface area contributed by atoms with E-state index in [9.17, 15) is 0 Å². The van der Waals surface area contributed by atoms with Crippen molar-refractivity contribution >= 4 is 11.2 Å². The average Bonchev–Trinajstić information content (AvgIpc) is 3.19. The zero-order chi connectivity index (χ0) is 13.4. The number of H-pyrrole nitrogens is 1. The highest BCUT2D eigenvalue weighted by Crippen LogP contribution is 2.23. The van der Waals surface area contributed by atoms with Crippen LogP contribution in [0.5, 0.6) is 0 Å². The molecule has 1 aliphatic heterocycles. The van der Waals surface area contributed by atoms with E-state index < -0.39 is 0 Å². The maximum atomic E-state index is 4.40. The summed E-state index contributed by atoms with van der Waals surface area (Å²) < 4.78 is 1.95. The van der Waals surface area contributed by atoms with Crippen LogP contribution in [0.4, 0.5) is 0 Å². The summed E-state index contributed by atoms with van der Waals surface area (Å²) in [5.74, 6) is 0. The van der Waals surface area contributed by atoms with Gasteiger partial charge in [0.1, 0.15) is 18.2 Å². The zero-order valence-electron chi connectivity index (χ0n) is 11.0. The summed E-state index contributed by atoms with van der Waals surface area (Å²) in [6.07, 6.45) is 9.95. The van der Waals surface area contributed by atoms with Gasteiger partial charge in [-0.2, -0.15) is 5.10 Å². The Kier molecular flexibility index (Phi) is 2.70. The Morgan fingerprint density at radius 1 is 1.30 bits per heavy atom. The Labute approximate surface area is 115 Å². The summed E-state index contributed by atoms with van der Waals surface area (Å²) in [4.78, 5) is 18.3. The highest BCUT2D eigenvalue weighted by molar-refractivity contribution is 5.74. The van der Waals surface area contributed by atoms with Gasteiger partial charge in [-0.05, 0) is 6.42 Å². The summed E-state index contributed by atoms with van der Waals surface area (Å²) in [5.41, 5.74) is 3.03. The van der Waals surface area contributed by atoms with E-state index in [1.807, 2.05) is 10.9 Å². The molecular weight excluding hydrogens is 254 g/mol. The van der Waals surface area contributed by atoms with Crippen molar-refractivity contribution < 1.29 is 0 Å². The first-order valence-corrected chi connectivity index (χ1v) is 6.73. The molecule has 0 saturated carbocycles. The Bertz CT molecular complexity index is 702. The van der Waals surface area contributed by atoms with Gasteiger partial charge in [0.15, 0.2) is 5.65 Å². The Morgan fingerprint density at radius 2 is 2.25 bits per heavy atom. The van der Waals surface area contributed by atoms with Crippen LogP contribution in [0, 0.1) is 0 Å². The molecule has 7 heteroatoms. The van der Waals surface area contributed by atoms with Gasteiger partial charge in [-0.15, -0.1) is 0 Å². The van der Waals surface area contributed by atoms with Crippen LogP contribution in [0.3, 0.4) is 0 Å². The molecule has 4 rings (SSSR count). The van der Waals surface area contributed by atoms with E-state index in [1.165, 1.54) is 5.56 Å². The fraction of sp³-hybridized carbons (Fsp3) is 0.385. The largest absolute Gasteiger partial charge is 0.344 e. The summed E-state index contributed by atoms with van der Waals surface area (Å²) in [5, 5.41) is 4.23. The highest BCUT2D eigenvalue weighted by atomic mass is 15.4. The maximum absolute atomic E-state index is 4.40. The topological polar surface area (TPSA) is 75.5 Å². The maximum Gasteiger partial charge on any atom is 0.156 e. The third kappa shape index (κ3) is 1.96. The van der Waals surface area contributed by atoms with Crippen LogP contribution in [-0.4, -0.2) is 47.7 Å². The van der Waals surface area contributed by atoms with E-state index >= 15 is 0 Å². The standard InChI is InChI=1S/C13H15N7/c1-4-19(7-11(1)20-9-14-8-18-20)6-10-5-17-13-12(10)15-2-3-16-13/h2-3,5,8-9,11H,1,4,6-7H2,(H,16,17). The van der Waals surface area contributed by atoms with Crippen molar-refractivity contribution in [3.8, 4) is 0 Å². The van der Waals surface area contributed by atoms with Gasteiger partial charge in [-0.3, -0.25) is 9.88 Å². The Hall–Kier alpha value is -2.28. The lowest BCUT2D eigenvalue weighted by Gasteiger charge is -2.15. The molecule has 1 fully saturated rings. The van der Waals surface area contributed by atoms with Gasteiger partial charge in [0, 0.05) is 43.8 Å². The second-order valence-electron chi connectivity index (χ2n) is 5.12. The Morgan fingerprint density at radius 3 is 3.15 bits per heavy atom. The Balaban J connectivity index is 1.50. The molecule has 0 bridgehead atoms. The molecule has 0 amide bonds. The van der Waals surface area contributed by atoms with Gasteiger partial charge in [0.2, 0.25) is 0 Å². The van der Waals surface area contributed by atoms with Crippen LogP contribution in [0.25, 0.3) is 11.2 Å². The van der Waals surface area contributed by atoms with Gasteiger partial charge in [0.05, 0.1) is 6.04 Å². The lowest BCUT2D eigenvalue weighted by atomic mass is 10.3. The van der Waals surface area contributed by atoms with E-state index in [-0.39, 0.29) is 0 Å². The van der Waals surface area contributed by atoms with Crippen molar-refractivity contribution in [2.24, 2.45) is 0 Å². The minimum Gasteiger partial charge on any atom is -0.344 e. The lowest BCUT2D eigenvalue weighted by Crippen LogP contribution is -2.21. The van der Waals surface area contributed by atoms with Crippen molar-refractivity contribution in [2.45, 2.75) is 19.0 Å². The second-order valence-corrected chi connectivity index (χ2v) is 5.12. The molecule has 3 aromatic rings. The molecule has 0 aromatic carbocycles. The minimum absolute atomic E-state index is 0.425. The molecule has 20 heavy (non-hydrogen) atoms. The van der Waals surface area contributed by atoms with E-state index in [4.69, 9.17) is 0 Å². The molecule has 1 N–H and O–H groups in total.